The summed E-state index contributed by atoms with van der Waals surface area (Å²) in [5.74, 6) is -1.80. The summed E-state index contributed by atoms with van der Waals surface area (Å²) >= 11 is 0. The number of hydrogen-bond acceptors (Lipinski definition) is 2. The Morgan fingerprint density at radius 2 is 1.20 bits per heavy atom. The van der Waals surface area contributed by atoms with Gasteiger partial charge < -0.3 is 4.74 Å². The third-order valence-corrected chi connectivity index (χ3v) is 2.22. The lowest BCUT2D eigenvalue weighted by Crippen LogP contribution is -2.62. The Morgan fingerprint density at radius 1 is 0.900 bits per heavy atom. The Kier molecular flexibility index (Phi) is 4.80. The molecule has 0 saturated carbocycles. The number of rotatable bonds is 3. The lowest BCUT2D eigenvalue weighted by atomic mass is 9.86. The highest BCUT2D eigenvalue weighted by atomic mass is 19.4. The second-order valence-electron chi connectivity index (χ2n) is 3.76. The highest BCUT2D eigenvalue weighted by molar-refractivity contribution is 5.86. The van der Waals surface area contributed by atoms with Crippen molar-refractivity contribution < 1.29 is 49.0 Å². The van der Waals surface area contributed by atoms with Crippen LogP contribution in [0.25, 0.3) is 0 Å². The molecule has 0 heterocycles. The van der Waals surface area contributed by atoms with Gasteiger partial charge in [-0.2, -0.15) is 39.5 Å². The molecule has 0 aliphatic carbocycles. The van der Waals surface area contributed by atoms with E-state index in [1.54, 1.807) is 0 Å². The molecule has 0 rings (SSSR count). The van der Waals surface area contributed by atoms with Gasteiger partial charge >= 0.3 is 24.5 Å². The molecule has 0 fully saturated rings. The van der Waals surface area contributed by atoms with E-state index in [4.69, 9.17) is 0 Å². The monoisotopic (exact) mass is 318 g/mol. The van der Waals surface area contributed by atoms with E-state index in [9.17, 15) is 44.3 Å². The van der Waals surface area contributed by atoms with Gasteiger partial charge in [0.05, 0.1) is 0 Å². The Balaban J connectivity index is 5.81. The third-order valence-electron chi connectivity index (χ3n) is 2.22. The Hall–Kier alpha value is -1.42. The second kappa shape index (κ2) is 5.17. The van der Waals surface area contributed by atoms with Crippen LogP contribution in [0.4, 0.5) is 39.5 Å². The Morgan fingerprint density at radius 3 is 1.40 bits per heavy atom. The van der Waals surface area contributed by atoms with E-state index < -0.39 is 42.1 Å². The van der Waals surface area contributed by atoms with Gasteiger partial charge in [0.1, 0.15) is 6.61 Å². The average molecular weight is 318 g/mol. The van der Waals surface area contributed by atoms with E-state index in [-0.39, 0.29) is 0 Å². The van der Waals surface area contributed by atoms with Gasteiger partial charge in [0.25, 0.3) is 5.41 Å². The van der Waals surface area contributed by atoms with E-state index in [1.807, 2.05) is 0 Å². The van der Waals surface area contributed by atoms with Crippen LogP contribution in [0.1, 0.15) is 6.92 Å². The molecule has 0 amide bonds. The minimum atomic E-state index is -6.75. The van der Waals surface area contributed by atoms with E-state index in [0.717, 1.165) is 6.92 Å². The van der Waals surface area contributed by atoms with Crippen molar-refractivity contribution in [2.24, 2.45) is 5.41 Å². The molecule has 0 aliphatic rings. The smallest absolute Gasteiger partial charge is 0.415 e. The number of alkyl halides is 9. The molecule has 118 valence electrons. The second-order valence-corrected chi connectivity index (χ2v) is 3.76. The van der Waals surface area contributed by atoms with Crippen LogP contribution in [0.3, 0.4) is 0 Å². The van der Waals surface area contributed by atoms with Crippen LogP contribution in [-0.4, -0.2) is 31.1 Å². The van der Waals surface area contributed by atoms with Crippen molar-refractivity contribution in [3.8, 4) is 0 Å². The van der Waals surface area contributed by atoms with Crippen molar-refractivity contribution in [3.05, 3.63) is 12.2 Å². The van der Waals surface area contributed by atoms with Gasteiger partial charge in [-0.25, -0.2) is 4.79 Å². The van der Waals surface area contributed by atoms with Crippen molar-refractivity contribution in [2.45, 2.75) is 25.5 Å². The molecule has 0 aliphatic heterocycles. The van der Waals surface area contributed by atoms with Crippen molar-refractivity contribution in [1.82, 2.24) is 0 Å². The van der Waals surface area contributed by atoms with E-state index in [1.165, 1.54) is 0 Å². The third kappa shape index (κ3) is 3.18. The summed E-state index contributed by atoms with van der Waals surface area (Å²) in [7, 11) is 0. The maximum atomic E-state index is 12.4. The predicted octanol–water partition coefficient (Wildman–Crippen LogP) is 3.78. The first-order valence-electron chi connectivity index (χ1n) is 4.60. The van der Waals surface area contributed by atoms with Crippen molar-refractivity contribution in [2.75, 3.05) is 6.61 Å². The summed E-state index contributed by atoms with van der Waals surface area (Å²) in [5.41, 5.74) is -6.80. The average Bonchev–Trinajstić information content (AvgIpc) is 2.10. The number of halogens is 9. The standard InChI is InChI=1S/C9H7F9O2/c1-4(2)5(19)20-3-6(7(10,11)12,8(13,14)15)9(16,17)18/h1,3H2,2H3. The molecule has 0 saturated heterocycles. The molecular formula is C9H7F9O2. The maximum absolute atomic E-state index is 12.4. The van der Waals surface area contributed by atoms with Gasteiger partial charge in [-0.15, -0.1) is 0 Å². The number of hydrogen-bond donors (Lipinski definition) is 0. The molecule has 20 heavy (non-hydrogen) atoms. The zero-order valence-corrected chi connectivity index (χ0v) is 9.63. The van der Waals surface area contributed by atoms with Crippen LogP contribution in [0.15, 0.2) is 12.2 Å². The normalized spacial score (nSPS) is 14.1. The van der Waals surface area contributed by atoms with Gasteiger partial charge in [0, 0.05) is 5.57 Å². The van der Waals surface area contributed by atoms with E-state index >= 15 is 0 Å². The molecule has 0 spiro atoms. The lowest BCUT2D eigenvalue weighted by molar-refractivity contribution is -0.432. The summed E-state index contributed by atoms with van der Waals surface area (Å²) in [4.78, 5) is 10.7. The first-order chi connectivity index (χ1) is 8.58. The van der Waals surface area contributed by atoms with Crippen LogP contribution in [0.2, 0.25) is 0 Å². The van der Waals surface area contributed by atoms with E-state index in [0.29, 0.717) is 0 Å². The zero-order chi connectivity index (χ0) is 16.6. The van der Waals surface area contributed by atoms with Gasteiger partial charge in [0.2, 0.25) is 0 Å². The van der Waals surface area contributed by atoms with Crippen LogP contribution >= 0.6 is 0 Å². The minimum Gasteiger partial charge on any atom is -0.461 e. The minimum absolute atomic E-state index is 0.648. The molecule has 0 atom stereocenters. The van der Waals surface area contributed by atoms with Crippen LogP contribution in [0.5, 0.6) is 0 Å². The molecule has 0 radical (unpaired) electrons. The number of esters is 1. The van der Waals surface area contributed by atoms with Crippen LogP contribution < -0.4 is 0 Å². The molecule has 0 unspecified atom stereocenters. The highest BCUT2D eigenvalue weighted by Crippen LogP contribution is 2.59. The number of carbonyl (C=O) groups excluding carboxylic acids is 1. The van der Waals surface area contributed by atoms with E-state index in [2.05, 4.69) is 11.3 Å². The largest absolute Gasteiger partial charge is 0.461 e. The summed E-state index contributed by atoms with van der Waals surface area (Å²) in [6, 6.07) is 0. The number of carbonyl (C=O) groups is 1. The fourth-order valence-electron chi connectivity index (χ4n) is 1.02. The number of ether oxygens (including phenoxy) is 1. The quantitative estimate of drug-likeness (QED) is 0.450. The molecule has 0 aromatic rings. The molecular weight excluding hydrogens is 311 g/mol. The van der Waals surface area contributed by atoms with Gasteiger partial charge in [-0.1, -0.05) is 6.58 Å². The summed E-state index contributed by atoms with van der Waals surface area (Å²) in [5, 5.41) is 0. The Labute approximate surface area is 106 Å². The lowest BCUT2D eigenvalue weighted by Gasteiger charge is -2.37. The predicted molar refractivity (Wildman–Crippen MR) is 46.4 cm³/mol. The molecule has 0 N–H and O–H groups in total. The maximum Gasteiger partial charge on any atom is 0.415 e. The summed E-state index contributed by atoms with van der Waals surface area (Å²) < 4.78 is 115. The molecule has 2 nitrogen and oxygen atoms in total. The summed E-state index contributed by atoms with van der Waals surface area (Å²) in [6.07, 6.45) is -20.3. The first kappa shape index (κ1) is 18.6. The van der Waals surface area contributed by atoms with Gasteiger partial charge in [-0.3, -0.25) is 0 Å². The van der Waals surface area contributed by atoms with Crippen molar-refractivity contribution in [1.29, 1.82) is 0 Å². The fourth-order valence-corrected chi connectivity index (χ4v) is 1.02. The van der Waals surface area contributed by atoms with Crippen molar-refractivity contribution in [3.63, 3.8) is 0 Å². The zero-order valence-electron chi connectivity index (χ0n) is 9.63. The molecule has 11 heteroatoms. The fraction of sp³-hybridized carbons (Fsp3) is 0.667. The molecule has 0 aromatic heterocycles. The first-order valence-corrected chi connectivity index (χ1v) is 4.60. The SMILES string of the molecule is C=C(C)C(=O)OCC(C(F)(F)F)(C(F)(F)F)C(F)(F)F. The Bertz CT molecular complexity index is 352. The topological polar surface area (TPSA) is 26.3 Å². The van der Waals surface area contributed by atoms with Crippen molar-refractivity contribution >= 4 is 5.97 Å². The highest BCUT2D eigenvalue weighted by Gasteiger charge is 2.84. The molecule has 0 bridgehead atoms. The van der Waals surface area contributed by atoms with Crippen LogP contribution in [0, 0.1) is 5.41 Å². The van der Waals surface area contributed by atoms with Gasteiger partial charge in [-0.05, 0) is 6.92 Å². The van der Waals surface area contributed by atoms with Crippen LogP contribution in [-0.2, 0) is 9.53 Å². The van der Waals surface area contributed by atoms with Gasteiger partial charge in [0.15, 0.2) is 0 Å². The molecule has 0 aromatic carbocycles. The summed E-state index contributed by atoms with van der Waals surface area (Å²) in [6.45, 7) is 0.707.